The maximum absolute atomic E-state index is 11.8. The van der Waals surface area contributed by atoms with E-state index in [0.717, 1.165) is 13.0 Å². The molecule has 0 radical (unpaired) electrons. The molecule has 7 nitrogen and oxygen atoms in total. The molecule has 0 aromatic heterocycles. The molecule has 0 aromatic rings. The Morgan fingerprint density at radius 2 is 1.83 bits per heavy atom. The number of hydrogen-bond acceptors (Lipinski definition) is 4. The summed E-state index contributed by atoms with van der Waals surface area (Å²) in [6, 6.07) is -0.348. The van der Waals surface area contributed by atoms with Crippen LogP contribution in [0.2, 0.25) is 0 Å². The molecular formula is C11H23N3O4. The number of carboxylic acids is 1. The zero-order valence-electron chi connectivity index (χ0n) is 11.2. The maximum atomic E-state index is 11.8. The fraction of sp³-hybridized carbons (Fsp3) is 0.818. The fourth-order valence-corrected chi connectivity index (χ4v) is 1.29. The maximum Gasteiger partial charge on any atom is 0.334 e. The summed E-state index contributed by atoms with van der Waals surface area (Å²) in [4.78, 5) is 25.7. The summed E-state index contributed by atoms with van der Waals surface area (Å²) in [7, 11) is 3.83. The first-order valence-electron chi connectivity index (χ1n) is 5.96. The molecule has 1 atom stereocenters. The van der Waals surface area contributed by atoms with Crippen LogP contribution in [0.25, 0.3) is 0 Å². The van der Waals surface area contributed by atoms with Crippen LogP contribution in [0.3, 0.4) is 0 Å². The molecule has 0 unspecified atom stereocenters. The summed E-state index contributed by atoms with van der Waals surface area (Å²) in [6.45, 7) is 3.58. The van der Waals surface area contributed by atoms with Crippen molar-refractivity contribution >= 4 is 12.0 Å². The molecule has 0 fully saturated rings. The van der Waals surface area contributed by atoms with E-state index < -0.39 is 12.1 Å². The predicted octanol–water partition coefficient (Wildman–Crippen LogP) is -0.585. The van der Waals surface area contributed by atoms with Crippen LogP contribution in [0.1, 0.15) is 13.3 Å². The lowest BCUT2D eigenvalue weighted by molar-refractivity contribution is -0.146. The van der Waals surface area contributed by atoms with E-state index in [0.29, 0.717) is 13.1 Å². The monoisotopic (exact) mass is 261 g/mol. The predicted molar refractivity (Wildman–Crippen MR) is 67.5 cm³/mol. The molecule has 0 bridgehead atoms. The Morgan fingerprint density at radius 3 is 2.28 bits per heavy atom. The number of rotatable bonds is 8. The summed E-state index contributed by atoms with van der Waals surface area (Å²) < 4.78 is 0. The molecule has 106 valence electrons. The number of nitrogens with zero attached hydrogens (tertiary/aromatic N) is 2. The molecule has 0 aliphatic rings. The van der Waals surface area contributed by atoms with Crippen molar-refractivity contribution < 1.29 is 19.8 Å². The number of carbonyl (C=O) groups is 2. The van der Waals surface area contributed by atoms with Gasteiger partial charge in [0.1, 0.15) is 0 Å². The smallest absolute Gasteiger partial charge is 0.334 e. The standard InChI is InChI=1S/C11H23N3O4/c1-4-5-14(7-6-13(2)3)11(18)12-8-9(15)10(16)17/h9,15H,4-8H2,1-3H3,(H,12,18)(H,16,17)/t9-/m0/s1. The summed E-state index contributed by atoms with van der Waals surface area (Å²) in [5.41, 5.74) is 0. The van der Waals surface area contributed by atoms with Crippen LogP contribution in [-0.2, 0) is 4.79 Å². The SMILES string of the molecule is CCCN(CCN(C)C)C(=O)NC[C@H](O)C(=O)O. The third-order valence-corrected chi connectivity index (χ3v) is 2.33. The highest BCUT2D eigenvalue weighted by molar-refractivity contribution is 5.76. The Labute approximate surface area is 107 Å². The van der Waals surface area contributed by atoms with E-state index in [1.54, 1.807) is 4.90 Å². The zero-order valence-corrected chi connectivity index (χ0v) is 11.2. The number of carbonyl (C=O) groups excluding carboxylic acids is 1. The van der Waals surface area contributed by atoms with Gasteiger partial charge in [0.25, 0.3) is 0 Å². The normalized spacial score (nSPS) is 12.3. The minimum absolute atomic E-state index is 0.281. The Hall–Kier alpha value is -1.34. The topological polar surface area (TPSA) is 93.1 Å². The number of aliphatic carboxylic acids is 1. The van der Waals surface area contributed by atoms with E-state index in [4.69, 9.17) is 10.2 Å². The Morgan fingerprint density at radius 1 is 1.22 bits per heavy atom. The van der Waals surface area contributed by atoms with Crippen LogP contribution in [0, 0.1) is 0 Å². The molecule has 0 saturated heterocycles. The molecule has 0 aliphatic heterocycles. The van der Waals surface area contributed by atoms with Gasteiger partial charge in [0.05, 0.1) is 6.54 Å². The van der Waals surface area contributed by atoms with Gasteiger partial charge in [-0.2, -0.15) is 0 Å². The lowest BCUT2D eigenvalue weighted by Crippen LogP contribution is -2.46. The molecule has 0 aliphatic carbocycles. The van der Waals surface area contributed by atoms with Gasteiger partial charge in [0, 0.05) is 19.6 Å². The summed E-state index contributed by atoms with van der Waals surface area (Å²) in [5.74, 6) is -1.34. The third kappa shape index (κ3) is 7.08. The quantitative estimate of drug-likeness (QED) is 0.543. The first-order valence-corrected chi connectivity index (χ1v) is 5.96. The molecule has 18 heavy (non-hydrogen) atoms. The van der Waals surface area contributed by atoms with E-state index in [2.05, 4.69) is 5.32 Å². The van der Waals surface area contributed by atoms with E-state index in [1.807, 2.05) is 25.9 Å². The second-order valence-electron chi connectivity index (χ2n) is 4.33. The lowest BCUT2D eigenvalue weighted by Gasteiger charge is -2.24. The summed E-state index contributed by atoms with van der Waals surface area (Å²) in [5, 5.41) is 20.0. The van der Waals surface area contributed by atoms with E-state index in [1.165, 1.54) is 0 Å². The van der Waals surface area contributed by atoms with Gasteiger partial charge in [-0.05, 0) is 20.5 Å². The first-order chi connectivity index (χ1) is 8.38. The van der Waals surface area contributed by atoms with Gasteiger partial charge in [-0.15, -0.1) is 0 Å². The zero-order chi connectivity index (χ0) is 14.1. The molecule has 0 aromatic carbocycles. The number of carboxylic acid groups (broad SMARTS) is 1. The Kier molecular flexibility index (Phi) is 8.06. The number of nitrogens with one attached hydrogen (secondary N) is 1. The van der Waals surface area contributed by atoms with Crippen LogP contribution >= 0.6 is 0 Å². The minimum atomic E-state index is -1.56. The number of amides is 2. The third-order valence-electron chi connectivity index (χ3n) is 2.33. The van der Waals surface area contributed by atoms with E-state index in [-0.39, 0.29) is 12.6 Å². The number of aliphatic hydroxyl groups is 1. The molecular weight excluding hydrogens is 238 g/mol. The number of hydrogen-bond donors (Lipinski definition) is 3. The van der Waals surface area contributed by atoms with Crippen LogP contribution < -0.4 is 5.32 Å². The highest BCUT2D eigenvalue weighted by atomic mass is 16.4. The van der Waals surface area contributed by atoms with Crippen molar-refractivity contribution in [2.45, 2.75) is 19.4 Å². The average Bonchev–Trinajstić information content (AvgIpc) is 2.30. The number of urea groups is 1. The van der Waals surface area contributed by atoms with Gasteiger partial charge in [0.15, 0.2) is 6.10 Å². The highest BCUT2D eigenvalue weighted by Crippen LogP contribution is 1.94. The molecule has 7 heteroatoms. The lowest BCUT2D eigenvalue weighted by atomic mass is 10.3. The van der Waals surface area contributed by atoms with Gasteiger partial charge in [0.2, 0.25) is 0 Å². The van der Waals surface area contributed by atoms with Gasteiger partial charge in [-0.25, -0.2) is 9.59 Å². The Balaban J connectivity index is 4.16. The highest BCUT2D eigenvalue weighted by Gasteiger charge is 2.17. The molecule has 0 spiro atoms. The van der Waals surface area contributed by atoms with E-state index in [9.17, 15) is 9.59 Å². The van der Waals surface area contributed by atoms with Crippen LogP contribution in [0.5, 0.6) is 0 Å². The largest absolute Gasteiger partial charge is 0.479 e. The second-order valence-corrected chi connectivity index (χ2v) is 4.33. The molecule has 0 rings (SSSR count). The van der Waals surface area contributed by atoms with Gasteiger partial charge in [-0.3, -0.25) is 0 Å². The van der Waals surface area contributed by atoms with Crippen LogP contribution in [-0.4, -0.2) is 78.4 Å². The van der Waals surface area contributed by atoms with E-state index >= 15 is 0 Å². The number of aliphatic hydroxyl groups excluding tert-OH is 1. The van der Waals surface area contributed by atoms with Gasteiger partial charge >= 0.3 is 12.0 Å². The van der Waals surface area contributed by atoms with Crippen LogP contribution in [0.15, 0.2) is 0 Å². The molecule has 0 heterocycles. The van der Waals surface area contributed by atoms with Crippen molar-refractivity contribution in [1.82, 2.24) is 15.1 Å². The molecule has 2 amide bonds. The van der Waals surface area contributed by atoms with Crippen LogP contribution in [0.4, 0.5) is 4.79 Å². The summed E-state index contributed by atoms with van der Waals surface area (Å²) >= 11 is 0. The fourth-order valence-electron chi connectivity index (χ4n) is 1.29. The number of likely N-dealkylation sites (N-methyl/N-ethyl adjacent to an activating group) is 1. The molecule has 3 N–H and O–H groups in total. The summed E-state index contributed by atoms with van der Waals surface area (Å²) in [6.07, 6.45) is -0.742. The molecule has 0 saturated carbocycles. The second kappa shape index (κ2) is 8.71. The van der Waals surface area contributed by atoms with Crippen molar-refractivity contribution in [3.05, 3.63) is 0 Å². The van der Waals surface area contributed by atoms with Crippen molar-refractivity contribution in [2.24, 2.45) is 0 Å². The van der Waals surface area contributed by atoms with Crippen molar-refractivity contribution in [1.29, 1.82) is 0 Å². The first kappa shape index (κ1) is 16.7. The Bertz CT molecular complexity index is 271. The average molecular weight is 261 g/mol. The van der Waals surface area contributed by atoms with Gasteiger partial charge in [-0.1, -0.05) is 6.92 Å². The van der Waals surface area contributed by atoms with Crippen molar-refractivity contribution in [3.8, 4) is 0 Å². The van der Waals surface area contributed by atoms with Crippen molar-refractivity contribution in [3.63, 3.8) is 0 Å². The van der Waals surface area contributed by atoms with Crippen molar-refractivity contribution in [2.75, 3.05) is 40.3 Å². The van der Waals surface area contributed by atoms with Gasteiger partial charge < -0.3 is 25.3 Å². The minimum Gasteiger partial charge on any atom is -0.479 e.